The van der Waals surface area contributed by atoms with Gasteiger partial charge in [-0.25, -0.2) is 4.79 Å². The number of hydrogen-bond donors (Lipinski definition) is 0. The van der Waals surface area contributed by atoms with Crippen molar-refractivity contribution in [3.05, 3.63) is 11.5 Å². The Morgan fingerprint density at radius 2 is 2.55 bits per heavy atom. The minimum Gasteiger partial charge on any atom is -0.460 e. The summed E-state index contributed by atoms with van der Waals surface area (Å²) in [6.45, 7) is 2.85. The molecule has 1 atom stereocenters. The van der Waals surface area contributed by atoms with E-state index in [1.807, 2.05) is 7.85 Å². The number of ether oxygens (including phenoxy) is 2. The van der Waals surface area contributed by atoms with Crippen molar-refractivity contribution in [1.82, 2.24) is 0 Å². The smallest absolute Gasteiger partial charge is 0.332 e. The summed E-state index contributed by atoms with van der Waals surface area (Å²) in [6, 6.07) is 0. The number of esters is 1. The topological polar surface area (TPSA) is 38.8 Å². The lowest BCUT2D eigenvalue weighted by atomic mass is 10.1. The summed E-state index contributed by atoms with van der Waals surface area (Å²) in [6.07, 6.45) is 0.156. The Labute approximate surface area is 66.8 Å². The highest BCUT2D eigenvalue weighted by Crippen LogP contribution is 2.09. The summed E-state index contributed by atoms with van der Waals surface area (Å²) in [5.41, 5.74) is 0.644. The van der Waals surface area contributed by atoms with Crippen LogP contribution in [0.5, 0.6) is 0 Å². The van der Waals surface area contributed by atoms with Gasteiger partial charge in [-0.3, -0.25) is 0 Å². The molecule has 1 aliphatic heterocycles. The summed E-state index contributed by atoms with van der Waals surface area (Å²) in [4.78, 5) is 11.0. The van der Waals surface area contributed by atoms with Gasteiger partial charge in [-0.1, -0.05) is 0 Å². The van der Waals surface area contributed by atoms with Gasteiger partial charge in [-0.2, -0.15) is 0 Å². The molecule has 0 bridgehead atoms. The highest BCUT2D eigenvalue weighted by atomic mass is 16.6. The second kappa shape index (κ2) is 3.58. The Balaban J connectivity index is 2.19. The fraction of sp³-hybridized carbons (Fsp3) is 0.571. The SMILES string of the molecule is BC=C(C)C(=O)OCC1CO1. The van der Waals surface area contributed by atoms with Gasteiger partial charge >= 0.3 is 5.97 Å². The van der Waals surface area contributed by atoms with E-state index < -0.39 is 0 Å². The molecule has 0 aromatic rings. The van der Waals surface area contributed by atoms with Gasteiger partial charge in [0.05, 0.1) is 6.61 Å². The lowest BCUT2D eigenvalue weighted by molar-refractivity contribution is -0.139. The van der Waals surface area contributed by atoms with E-state index in [1.54, 1.807) is 12.9 Å². The molecule has 0 N–H and O–H groups in total. The minimum absolute atomic E-state index is 0.156. The first-order chi connectivity index (χ1) is 5.24. The van der Waals surface area contributed by atoms with Gasteiger partial charge in [0, 0.05) is 5.57 Å². The summed E-state index contributed by atoms with van der Waals surface area (Å²) < 4.78 is 9.76. The number of carbonyl (C=O) groups excluding carboxylic acids is 1. The molecule has 1 heterocycles. The van der Waals surface area contributed by atoms with Crippen LogP contribution < -0.4 is 0 Å². The zero-order chi connectivity index (χ0) is 8.27. The van der Waals surface area contributed by atoms with Crippen LogP contribution in [0.4, 0.5) is 0 Å². The van der Waals surface area contributed by atoms with Crippen molar-refractivity contribution >= 4 is 13.8 Å². The Morgan fingerprint density at radius 3 is 3.00 bits per heavy atom. The van der Waals surface area contributed by atoms with Gasteiger partial charge in [0.2, 0.25) is 0 Å². The highest BCUT2D eigenvalue weighted by molar-refractivity contribution is 6.19. The van der Waals surface area contributed by atoms with Gasteiger partial charge in [-0.15, -0.1) is 5.98 Å². The molecule has 0 radical (unpaired) electrons. The van der Waals surface area contributed by atoms with Crippen molar-refractivity contribution in [2.24, 2.45) is 0 Å². The first-order valence-electron chi connectivity index (χ1n) is 3.65. The zero-order valence-corrected chi connectivity index (χ0v) is 6.79. The average molecular weight is 154 g/mol. The molecule has 1 aliphatic rings. The second-order valence-corrected chi connectivity index (χ2v) is 2.53. The number of carbonyl (C=O) groups is 1. The molecule has 0 aromatic heterocycles. The van der Waals surface area contributed by atoms with Gasteiger partial charge in [0.1, 0.15) is 20.6 Å². The van der Waals surface area contributed by atoms with E-state index in [4.69, 9.17) is 9.47 Å². The summed E-state index contributed by atoms with van der Waals surface area (Å²) in [5, 5.41) is 0. The van der Waals surface area contributed by atoms with E-state index >= 15 is 0 Å². The molecule has 0 spiro atoms. The van der Waals surface area contributed by atoms with Crippen LogP contribution in [0.25, 0.3) is 0 Å². The van der Waals surface area contributed by atoms with E-state index in [2.05, 4.69) is 0 Å². The maximum absolute atomic E-state index is 11.0. The molecule has 0 aliphatic carbocycles. The predicted molar refractivity (Wildman–Crippen MR) is 43.0 cm³/mol. The lowest BCUT2D eigenvalue weighted by Gasteiger charge is -2.00. The molecular formula is C7H11BO3. The van der Waals surface area contributed by atoms with Gasteiger partial charge in [0.25, 0.3) is 0 Å². The van der Waals surface area contributed by atoms with Crippen molar-refractivity contribution in [2.45, 2.75) is 13.0 Å². The third kappa shape index (κ3) is 2.76. The minimum atomic E-state index is -0.247. The molecule has 11 heavy (non-hydrogen) atoms. The standard InChI is InChI=1S/C7H11BO3/c1-5(2-8)7(9)11-4-6-3-10-6/h2,6H,3-4,8H2,1H3. The monoisotopic (exact) mass is 154 g/mol. The Kier molecular flexibility index (Phi) is 2.71. The Morgan fingerprint density at radius 1 is 1.91 bits per heavy atom. The molecule has 4 heteroatoms. The number of epoxide rings is 1. The van der Waals surface area contributed by atoms with Crippen LogP contribution in [0.15, 0.2) is 11.5 Å². The molecule has 60 valence electrons. The van der Waals surface area contributed by atoms with Gasteiger partial charge < -0.3 is 9.47 Å². The fourth-order valence-electron chi connectivity index (χ4n) is 0.565. The summed E-state index contributed by atoms with van der Waals surface area (Å²) in [7, 11) is 1.81. The molecule has 0 amide bonds. The third-order valence-corrected chi connectivity index (χ3v) is 1.56. The van der Waals surface area contributed by atoms with E-state index in [9.17, 15) is 4.79 Å². The third-order valence-electron chi connectivity index (χ3n) is 1.56. The first kappa shape index (κ1) is 8.33. The average Bonchev–Trinajstić information content (AvgIpc) is 2.81. The van der Waals surface area contributed by atoms with E-state index in [-0.39, 0.29) is 12.1 Å². The van der Waals surface area contributed by atoms with Crippen LogP contribution in [0.2, 0.25) is 0 Å². The van der Waals surface area contributed by atoms with Crippen LogP contribution in [0.1, 0.15) is 6.92 Å². The molecule has 1 fully saturated rings. The van der Waals surface area contributed by atoms with Crippen molar-refractivity contribution < 1.29 is 14.3 Å². The van der Waals surface area contributed by atoms with Crippen LogP contribution >= 0.6 is 0 Å². The maximum Gasteiger partial charge on any atom is 0.332 e. The highest BCUT2D eigenvalue weighted by Gasteiger charge is 2.24. The van der Waals surface area contributed by atoms with Crippen LogP contribution in [-0.2, 0) is 14.3 Å². The normalized spacial score (nSPS) is 23.0. The molecule has 1 unspecified atom stereocenters. The van der Waals surface area contributed by atoms with Crippen LogP contribution in [0.3, 0.4) is 0 Å². The number of hydrogen-bond acceptors (Lipinski definition) is 3. The molecule has 1 rings (SSSR count). The molecule has 3 nitrogen and oxygen atoms in total. The second-order valence-electron chi connectivity index (χ2n) is 2.53. The zero-order valence-electron chi connectivity index (χ0n) is 6.79. The van der Waals surface area contributed by atoms with Crippen molar-refractivity contribution in [3.63, 3.8) is 0 Å². The molecule has 0 saturated carbocycles. The Bertz CT molecular complexity index is 184. The molecule has 0 aromatic carbocycles. The first-order valence-corrected chi connectivity index (χ1v) is 3.65. The van der Waals surface area contributed by atoms with Gasteiger partial charge in [-0.05, 0) is 6.92 Å². The van der Waals surface area contributed by atoms with Crippen LogP contribution in [-0.4, -0.2) is 33.1 Å². The Hall–Kier alpha value is -0.765. The van der Waals surface area contributed by atoms with E-state index in [0.717, 1.165) is 6.61 Å². The van der Waals surface area contributed by atoms with E-state index in [0.29, 0.717) is 12.2 Å². The number of rotatable bonds is 3. The summed E-state index contributed by atoms with van der Waals surface area (Å²) >= 11 is 0. The predicted octanol–water partition coefficient (Wildman–Crippen LogP) is -0.535. The van der Waals surface area contributed by atoms with Gasteiger partial charge in [0.15, 0.2) is 0 Å². The maximum atomic E-state index is 11.0. The largest absolute Gasteiger partial charge is 0.460 e. The molecular weight excluding hydrogens is 143 g/mol. The quantitative estimate of drug-likeness (QED) is 0.237. The van der Waals surface area contributed by atoms with Crippen LogP contribution in [0, 0.1) is 0 Å². The van der Waals surface area contributed by atoms with Crippen molar-refractivity contribution in [3.8, 4) is 0 Å². The van der Waals surface area contributed by atoms with Crippen molar-refractivity contribution in [2.75, 3.05) is 13.2 Å². The fourth-order valence-corrected chi connectivity index (χ4v) is 0.565. The lowest BCUT2D eigenvalue weighted by Crippen LogP contribution is -2.10. The van der Waals surface area contributed by atoms with Crippen molar-refractivity contribution in [1.29, 1.82) is 0 Å². The summed E-state index contributed by atoms with van der Waals surface area (Å²) in [5.74, 6) is 1.49. The molecule has 1 saturated heterocycles. The van der Waals surface area contributed by atoms with E-state index in [1.165, 1.54) is 0 Å².